The predicted octanol–water partition coefficient (Wildman–Crippen LogP) is 1.93. The molecule has 2 aromatic rings. The third-order valence-corrected chi connectivity index (χ3v) is 5.41. The Morgan fingerprint density at radius 3 is 2.91 bits per heavy atom. The summed E-state index contributed by atoms with van der Waals surface area (Å²) in [6.45, 7) is 2.95. The molecule has 124 valence electrons. The molecule has 0 aromatic carbocycles. The molecule has 23 heavy (non-hydrogen) atoms. The minimum atomic E-state index is -3.67. The van der Waals surface area contributed by atoms with E-state index >= 15 is 0 Å². The van der Waals surface area contributed by atoms with E-state index in [1.807, 2.05) is 0 Å². The third-order valence-electron chi connectivity index (χ3n) is 3.69. The van der Waals surface area contributed by atoms with E-state index in [1.54, 1.807) is 23.7 Å². The largest absolute Gasteiger partial charge is 0.379 e. The summed E-state index contributed by atoms with van der Waals surface area (Å²) in [6, 6.07) is 2.98. The Morgan fingerprint density at radius 1 is 1.43 bits per heavy atom. The predicted molar refractivity (Wildman–Crippen MR) is 84.7 cm³/mol. The van der Waals surface area contributed by atoms with E-state index in [2.05, 4.69) is 14.8 Å². The fraction of sp³-hybridized carbons (Fsp3) is 0.429. The van der Waals surface area contributed by atoms with Crippen LogP contribution < -0.4 is 4.72 Å². The number of hydrogen-bond acceptors (Lipinski definition) is 5. The fourth-order valence-electron chi connectivity index (χ4n) is 2.39. The molecular weight excluding hydrogens is 340 g/mol. The van der Waals surface area contributed by atoms with Crippen molar-refractivity contribution < 1.29 is 13.2 Å². The van der Waals surface area contributed by atoms with Crippen LogP contribution in [-0.2, 0) is 14.8 Å². The van der Waals surface area contributed by atoms with E-state index in [0.29, 0.717) is 23.9 Å². The van der Waals surface area contributed by atoms with Crippen molar-refractivity contribution in [3.63, 3.8) is 0 Å². The molecule has 0 amide bonds. The number of aromatic nitrogens is 3. The summed E-state index contributed by atoms with van der Waals surface area (Å²) in [4.78, 5) is 4.26. The van der Waals surface area contributed by atoms with E-state index in [1.165, 1.54) is 18.6 Å². The first-order valence-electron chi connectivity index (χ1n) is 7.21. The zero-order valence-corrected chi connectivity index (χ0v) is 14.1. The van der Waals surface area contributed by atoms with Crippen LogP contribution in [0, 0.1) is 0 Å². The highest BCUT2D eigenvalue weighted by Gasteiger charge is 2.24. The second-order valence-electron chi connectivity index (χ2n) is 5.42. The van der Waals surface area contributed by atoms with Crippen molar-refractivity contribution in [2.45, 2.75) is 30.3 Å². The van der Waals surface area contributed by atoms with Crippen molar-refractivity contribution in [3.8, 4) is 0 Å². The molecule has 1 fully saturated rings. The van der Waals surface area contributed by atoms with Crippen molar-refractivity contribution in [2.75, 3.05) is 13.2 Å². The fourth-order valence-corrected chi connectivity index (χ4v) is 3.66. The van der Waals surface area contributed by atoms with Gasteiger partial charge in [0.1, 0.15) is 4.90 Å². The summed E-state index contributed by atoms with van der Waals surface area (Å²) in [7, 11) is -3.67. The van der Waals surface area contributed by atoms with Crippen molar-refractivity contribution in [1.82, 2.24) is 19.5 Å². The highest BCUT2D eigenvalue weighted by atomic mass is 35.5. The van der Waals surface area contributed by atoms with E-state index in [-0.39, 0.29) is 10.9 Å². The quantitative estimate of drug-likeness (QED) is 0.884. The van der Waals surface area contributed by atoms with Crippen LogP contribution in [0.1, 0.15) is 31.1 Å². The van der Waals surface area contributed by atoms with Gasteiger partial charge in [0.25, 0.3) is 0 Å². The monoisotopic (exact) mass is 356 g/mol. The average molecular weight is 357 g/mol. The first-order valence-corrected chi connectivity index (χ1v) is 9.07. The van der Waals surface area contributed by atoms with Crippen molar-refractivity contribution in [2.24, 2.45) is 0 Å². The lowest BCUT2D eigenvalue weighted by Crippen LogP contribution is -2.27. The smallest absolute Gasteiger partial charge is 0.244 e. The maximum atomic E-state index is 12.5. The van der Waals surface area contributed by atoms with Gasteiger partial charge in [0.05, 0.1) is 35.6 Å². The summed E-state index contributed by atoms with van der Waals surface area (Å²) in [5, 5.41) is 4.64. The lowest BCUT2D eigenvalue weighted by atomic mass is 10.2. The Labute approximate surface area is 139 Å². The molecular formula is C14H17ClN4O3S. The van der Waals surface area contributed by atoms with Crippen LogP contribution >= 0.6 is 11.6 Å². The van der Waals surface area contributed by atoms with E-state index in [4.69, 9.17) is 16.3 Å². The lowest BCUT2D eigenvalue weighted by molar-refractivity contribution is 0.184. The Kier molecular flexibility index (Phi) is 4.67. The molecule has 0 aliphatic carbocycles. The van der Waals surface area contributed by atoms with E-state index in [0.717, 1.165) is 6.42 Å². The molecule has 1 N–H and O–H groups in total. The molecule has 0 radical (unpaired) electrons. The SMILES string of the molecule is C[C@H](NS(=O)(=O)c1cnn(C2CCOC2)c1)c1ccc(Cl)cn1. The first-order chi connectivity index (χ1) is 11.0. The van der Waals surface area contributed by atoms with Crippen molar-refractivity contribution in [3.05, 3.63) is 41.4 Å². The van der Waals surface area contributed by atoms with Crippen molar-refractivity contribution in [1.29, 1.82) is 0 Å². The maximum absolute atomic E-state index is 12.5. The molecule has 2 atom stereocenters. The highest BCUT2D eigenvalue weighted by Crippen LogP contribution is 2.21. The molecule has 1 aliphatic rings. The molecule has 0 spiro atoms. The summed E-state index contributed by atoms with van der Waals surface area (Å²) in [6.07, 6.45) is 5.20. The molecule has 1 unspecified atom stereocenters. The lowest BCUT2D eigenvalue weighted by Gasteiger charge is -2.13. The molecule has 3 heterocycles. The van der Waals surface area contributed by atoms with Gasteiger partial charge in [-0.15, -0.1) is 0 Å². The highest BCUT2D eigenvalue weighted by molar-refractivity contribution is 7.89. The standard InChI is InChI=1S/C14H17ClN4O3S/c1-10(14-3-2-11(15)6-16-14)18-23(20,21)13-7-17-19(8-13)12-4-5-22-9-12/h2-3,6-8,10,12,18H,4-5,9H2,1H3/t10-,12?/m0/s1. The maximum Gasteiger partial charge on any atom is 0.244 e. The number of nitrogens with one attached hydrogen (secondary N) is 1. The number of pyridine rings is 1. The van der Waals surface area contributed by atoms with E-state index < -0.39 is 16.1 Å². The van der Waals surface area contributed by atoms with Gasteiger partial charge in [-0.25, -0.2) is 13.1 Å². The van der Waals surface area contributed by atoms with Gasteiger partial charge in [0.2, 0.25) is 10.0 Å². The Morgan fingerprint density at radius 2 is 2.26 bits per heavy atom. The average Bonchev–Trinajstić information content (AvgIpc) is 3.19. The Bertz CT molecular complexity index is 770. The molecule has 1 aliphatic heterocycles. The van der Waals surface area contributed by atoms with Crippen LogP contribution in [0.4, 0.5) is 0 Å². The molecule has 0 bridgehead atoms. The van der Waals surface area contributed by atoms with Crippen LogP contribution in [0.15, 0.2) is 35.6 Å². The molecule has 0 saturated carbocycles. The first kappa shape index (κ1) is 16.4. The molecule has 9 heteroatoms. The van der Waals surface area contributed by atoms with Gasteiger partial charge < -0.3 is 4.74 Å². The molecule has 1 saturated heterocycles. The topological polar surface area (TPSA) is 86.1 Å². The number of hydrogen-bond donors (Lipinski definition) is 1. The normalized spacial score (nSPS) is 19.8. The van der Waals surface area contributed by atoms with Gasteiger partial charge in [-0.05, 0) is 25.5 Å². The molecule has 7 nitrogen and oxygen atoms in total. The third kappa shape index (κ3) is 3.72. The number of halogens is 1. The summed E-state index contributed by atoms with van der Waals surface area (Å²) < 4.78 is 34.5. The number of nitrogens with zero attached hydrogens (tertiary/aromatic N) is 3. The van der Waals surface area contributed by atoms with Crippen LogP contribution in [0.5, 0.6) is 0 Å². The number of ether oxygens (including phenoxy) is 1. The van der Waals surface area contributed by atoms with Gasteiger partial charge in [0, 0.05) is 19.0 Å². The van der Waals surface area contributed by atoms with Gasteiger partial charge in [0.15, 0.2) is 0 Å². The minimum absolute atomic E-state index is 0.0919. The van der Waals surface area contributed by atoms with Crippen LogP contribution in [0.3, 0.4) is 0 Å². The van der Waals surface area contributed by atoms with Gasteiger partial charge in [-0.2, -0.15) is 5.10 Å². The molecule has 2 aromatic heterocycles. The summed E-state index contributed by atoms with van der Waals surface area (Å²) in [5.41, 5.74) is 0.592. The summed E-state index contributed by atoms with van der Waals surface area (Å²) >= 11 is 5.79. The van der Waals surface area contributed by atoms with Crippen LogP contribution in [0.25, 0.3) is 0 Å². The number of rotatable bonds is 5. The van der Waals surface area contributed by atoms with E-state index in [9.17, 15) is 8.42 Å². The Hall–Kier alpha value is -1.48. The number of sulfonamides is 1. The second kappa shape index (κ2) is 6.56. The van der Waals surface area contributed by atoms with Gasteiger partial charge in [-0.1, -0.05) is 11.6 Å². The van der Waals surface area contributed by atoms with Gasteiger partial charge in [-0.3, -0.25) is 9.67 Å². The zero-order chi connectivity index (χ0) is 16.4. The van der Waals surface area contributed by atoms with Crippen LogP contribution in [0.2, 0.25) is 5.02 Å². The minimum Gasteiger partial charge on any atom is -0.379 e. The van der Waals surface area contributed by atoms with Crippen molar-refractivity contribution >= 4 is 21.6 Å². The second-order valence-corrected chi connectivity index (χ2v) is 7.57. The summed E-state index contributed by atoms with van der Waals surface area (Å²) in [5.74, 6) is 0. The molecule has 3 rings (SSSR count). The Balaban J connectivity index is 1.74. The zero-order valence-electron chi connectivity index (χ0n) is 12.5. The van der Waals surface area contributed by atoms with Gasteiger partial charge >= 0.3 is 0 Å². The van der Waals surface area contributed by atoms with Crippen LogP contribution in [-0.4, -0.2) is 36.4 Å².